The summed E-state index contributed by atoms with van der Waals surface area (Å²) in [6.45, 7) is 0. The van der Waals surface area contributed by atoms with E-state index < -0.39 is 7.82 Å². The number of hydrogen-bond donors (Lipinski definition) is 3. The third kappa shape index (κ3) is 68.9. The molecule has 7 heavy (non-hydrogen) atoms. The van der Waals surface area contributed by atoms with Crippen LogP contribution in [0.3, 0.4) is 0 Å². The van der Waals surface area contributed by atoms with E-state index in [1.54, 1.807) is 0 Å². The fraction of sp³-hybridized carbons (Fsp3) is 0. The summed E-state index contributed by atoms with van der Waals surface area (Å²) in [6.07, 6.45) is 0. The molecule has 0 rings (SSSR count). The predicted octanol–water partition coefficient (Wildman–Crippen LogP) is -1.09. The smallest absolute Gasteiger partial charge is 1.00 e. The molecule has 0 aromatic rings. The van der Waals surface area contributed by atoms with E-state index in [2.05, 4.69) is 0 Å². The van der Waals surface area contributed by atoms with Crippen molar-refractivity contribution in [3.63, 3.8) is 0 Å². The molecule has 0 unspecified atom stereocenters. The summed E-state index contributed by atoms with van der Waals surface area (Å²) in [4.78, 5) is 21.6. The molecular weight excluding hydrogens is 241 g/mol. The summed E-state index contributed by atoms with van der Waals surface area (Å²) in [6, 6.07) is 0. The molecule has 0 saturated carbocycles. The Morgan fingerprint density at radius 1 is 1.29 bits per heavy atom. The van der Waals surface area contributed by atoms with Gasteiger partial charge in [0.25, 0.3) is 0 Å². The maximum Gasteiger partial charge on any atom is 2.00 e. The molecule has 0 amide bonds. The molecule has 0 atom stereocenters. The zero-order valence-corrected chi connectivity index (χ0v) is 8.58. The van der Waals surface area contributed by atoms with Crippen molar-refractivity contribution in [1.82, 2.24) is 0 Å². The van der Waals surface area contributed by atoms with Crippen molar-refractivity contribution in [2.75, 3.05) is 0 Å². The van der Waals surface area contributed by atoms with Gasteiger partial charge in [0.1, 0.15) is 0 Å². The molecular formula is H5NiO4PSr. The summed E-state index contributed by atoms with van der Waals surface area (Å²) in [5, 5.41) is 0. The van der Waals surface area contributed by atoms with E-state index in [1.165, 1.54) is 0 Å². The van der Waals surface area contributed by atoms with E-state index >= 15 is 0 Å². The fourth-order valence-corrected chi connectivity index (χ4v) is 0. The third-order valence-corrected chi connectivity index (χ3v) is 0. The molecule has 4 nitrogen and oxygen atoms in total. The minimum atomic E-state index is -4.64. The first-order chi connectivity index (χ1) is 2.00. The molecule has 0 bridgehead atoms. The second-order valence-electron chi connectivity index (χ2n) is 0.513. The van der Waals surface area contributed by atoms with Gasteiger partial charge in [-0.05, 0) is 0 Å². The minimum Gasteiger partial charge on any atom is -1.00 e. The van der Waals surface area contributed by atoms with Crippen LogP contribution in [0.2, 0.25) is 0 Å². The number of phosphoric acid groups is 1. The first kappa shape index (κ1) is 16.0. The Morgan fingerprint density at radius 3 is 1.29 bits per heavy atom. The first-order valence-electron chi connectivity index (χ1n) is 0.783. The van der Waals surface area contributed by atoms with Crippen LogP contribution < -0.4 is 0 Å². The molecule has 0 radical (unpaired) electrons. The Kier molecular flexibility index (Phi) is 14.2. The summed E-state index contributed by atoms with van der Waals surface area (Å²) in [5.74, 6) is 0. The Balaban J connectivity index is -0.0000000133. The van der Waals surface area contributed by atoms with Gasteiger partial charge in [0.05, 0.1) is 0 Å². The van der Waals surface area contributed by atoms with Gasteiger partial charge in [0.15, 0.2) is 0 Å². The Bertz CT molecular complexity index is 64.7. The molecule has 46 valence electrons. The van der Waals surface area contributed by atoms with Crippen LogP contribution >= 0.6 is 7.82 Å². The second kappa shape index (κ2) is 6.21. The van der Waals surface area contributed by atoms with Gasteiger partial charge in [-0.15, -0.1) is 0 Å². The van der Waals surface area contributed by atoms with Crippen LogP contribution in [0.25, 0.3) is 0 Å². The molecule has 3 N–H and O–H groups in total. The van der Waals surface area contributed by atoms with Crippen LogP contribution in [0.1, 0.15) is 2.85 Å². The van der Waals surface area contributed by atoms with Crippen molar-refractivity contribution in [1.29, 1.82) is 0 Å². The topological polar surface area (TPSA) is 77.8 Å². The third-order valence-electron chi connectivity index (χ3n) is 0. The van der Waals surface area contributed by atoms with Crippen LogP contribution in [-0.4, -0.2) is 60.2 Å². The van der Waals surface area contributed by atoms with Crippen LogP contribution in [0.4, 0.5) is 0 Å². The van der Waals surface area contributed by atoms with Gasteiger partial charge >= 0.3 is 53.3 Å². The van der Waals surface area contributed by atoms with E-state index in [9.17, 15) is 0 Å². The monoisotopic (exact) mass is 246 g/mol. The normalized spacial score (nSPS) is 8.43. The van der Waals surface area contributed by atoms with Crippen molar-refractivity contribution in [2.45, 2.75) is 0 Å². The second-order valence-corrected chi connectivity index (χ2v) is 1.54. The van der Waals surface area contributed by atoms with Crippen molar-refractivity contribution in [2.24, 2.45) is 0 Å². The van der Waals surface area contributed by atoms with Crippen molar-refractivity contribution < 1.29 is 38.6 Å². The average molecular weight is 246 g/mol. The number of hydrogen-bond acceptors (Lipinski definition) is 1. The van der Waals surface area contributed by atoms with Gasteiger partial charge < -0.3 is 17.5 Å². The Labute approximate surface area is 90.7 Å². The van der Waals surface area contributed by atoms with Crippen molar-refractivity contribution in [3.05, 3.63) is 0 Å². The van der Waals surface area contributed by atoms with Gasteiger partial charge in [-0.25, -0.2) is 4.57 Å². The summed E-state index contributed by atoms with van der Waals surface area (Å²) in [7, 11) is -4.64. The predicted molar refractivity (Wildman–Crippen MR) is 22.2 cm³/mol. The number of rotatable bonds is 0. The molecule has 0 saturated heterocycles. The van der Waals surface area contributed by atoms with E-state index in [0.29, 0.717) is 0 Å². The summed E-state index contributed by atoms with van der Waals surface area (Å²) >= 11 is 0. The van der Waals surface area contributed by atoms with E-state index in [1.807, 2.05) is 0 Å². The van der Waals surface area contributed by atoms with Gasteiger partial charge in [0.2, 0.25) is 0 Å². The van der Waals surface area contributed by atoms with E-state index in [0.717, 1.165) is 0 Å². The zero-order valence-electron chi connectivity index (χ0n) is 5.22. The maximum atomic E-state index is 8.88. The van der Waals surface area contributed by atoms with Crippen molar-refractivity contribution >= 4 is 53.3 Å². The first-order valence-corrected chi connectivity index (χ1v) is 2.35. The van der Waals surface area contributed by atoms with Gasteiger partial charge in [-0.2, -0.15) is 0 Å². The Morgan fingerprint density at radius 2 is 1.29 bits per heavy atom. The molecule has 0 fully saturated rings. The molecule has 0 aromatic heterocycles. The fourth-order valence-electron chi connectivity index (χ4n) is 0. The molecule has 0 aliphatic rings. The van der Waals surface area contributed by atoms with Gasteiger partial charge in [-0.3, -0.25) is 0 Å². The molecule has 0 heterocycles. The molecule has 0 aliphatic heterocycles. The quantitative estimate of drug-likeness (QED) is 0.375. The van der Waals surface area contributed by atoms with Crippen LogP contribution in [0.5, 0.6) is 0 Å². The van der Waals surface area contributed by atoms with Crippen LogP contribution in [-0.2, 0) is 21.1 Å². The minimum absolute atomic E-state index is 0. The van der Waals surface area contributed by atoms with Gasteiger partial charge in [0, 0.05) is 16.5 Å². The van der Waals surface area contributed by atoms with Crippen LogP contribution in [0, 0.1) is 0 Å². The zero-order chi connectivity index (χ0) is 4.50. The summed E-state index contributed by atoms with van der Waals surface area (Å²) < 4.78 is 8.88. The summed E-state index contributed by atoms with van der Waals surface area (Å²) in [5.41, 5.74) is 0. The van der Waals surface area contributed by atoms with E-state index in [4.69, 9.17) is 19.2 Å². The van der Waals surface area contributed by atoms with Crippen molar-refractivity contribution in [3.8, 4) is 0 Å². The maximum absolute atomic E-state index is 8.88. The average Bonchev–Trinajstić information content (AvgIpc) is 0.722. The molecule has 0 spiro atoms. The van der Waals surface area contributed by atoms with E-state index in [-0.39, 0.29) is 64.8 Å². The molecule has 0 aliphatic carbocycles. The molecule has 0 aromatic carbocycles. The van der Waals surface area contributed by atoms with Gasteiger partial charge in [-0.1, -0.05) is 0 Å². The Hall–Kier alpha value is 2.08. The standard InChI is InChI=1S/Ni.H3O4P.Sr.2H/c;1-5(2,3)4;;;/h;(H3,1,2,3,4);;;/q;;+2;2*-1. The van der Waals surface area contributed by atoms with Crippen LogP contribution in [0.15, 0.2) is 0 Å². The SMILES string of the molecule is O=P(O)(O)O.[H-].[H-].[Ni].[Sr+2]. The largest absolute Gasteiger partial charge is 2.00 e. The molecule has 7 heteroatoms.